The fourth-order valence-corrected chi connectivity index (χ4v) is 2.64. The number of hydrogen-bond acceptors (Lipinski definition) is 2. The molecule has 1 heterocycles. The van der Waals surface area contributed by atoms with E-state index >= 15 is 0 Å². The fourth-order valence-electron chi connectivity index (χ4n) is 2.64. The lowest BCUT2D eigenvalue weighted by atomic mass is 9.97. The number of esters is 1. The number of rotatable bonds is 0. The topological polar surface area (TPSA) is 26.3 Å². The molecule has 0 amide bonds. The first-order chi connectivity index (χ1) is 7.31. The van der Waals surface area contributed by atoms with E-state index in [2.05, 4.69) is 12.1 Å². The molecule has 1 fully saturated rings. The summed E-state index contributed by atoms with van der Waals surface area (Å²) < 4.78 is 5.41. The van der Waals surface area contributed by atoms with Crippen LogP contribution in [-0.2, 0) is 16.0 Å². The van der Waals surface area contributed by atoms with Crippen molar-refractivity contribution < 1.29 is 9.53 Å². The van der Waals surface area contributed by atoms with E-state index in [1.165, 1.54) is 11.1 Å². The molecule has 0 bridgehead atoms. The van der Waals surface area contributed by atoms with E-state index in [9.17, 15) is 4.79 Å². The Hall–Kier alpha value is -1.57. The van der Waals surface area contributed by atoms with Gasteiger partial charge in [0.25, 0.3) is 0 Å². The number of carbonyl (C=O) groups excluding carboxylic acids is 1. The molecule has 3 rings (SSSR count). The maximum atomic E-state index is 11.5. The zero-order chi connectivity index (χ0) is 10.4. The number of ether oxygens (including phenoxy) is 1. The van der Waals surface area contributed by atoms with Crippen molar-refractivity contribution in [3.05, 3.63) is 47.0 Å². The predicted octanol–water partition coefficient (Wildman–Crippen LogP) is 2.40. The summed E-state index contributed by atoms with van der Waals surface area (Å²) in [6, 6.07) is 8.22. The molecular weight excluding hydrogens is 188 g/mol. The Labute approximate surface area is 88.6 Å². The molecule has 15 heavy (non-hydrogen) atoms. The molecule has 2 heteroatoms. The third-order valence-electron chi connectivity index (χ3n) is 3.35. The highest BCUT2D eigenvalue weighted by Gasteiger charge is 2.45. The number of hydrogen-bond donors (Lipinski definition) is 0. The van der Waals surface area contributed by atoms with Gasteiger partial charge in [-0.15, -0.1) is 0 Å². The fraction of sp³-hybridized carbons (Fsp3) is 0.308. The molecule has 2 nitrogen and oxygen atoms in total. The van der Waals surface area contributed by atoms with Gasteiger partial charge in [-0.2, -0.15) is 0 Å². The highest BCUT2D eigenvalue weighted by atomic mass is 16.6. The van der Waals surface area contributed by atoms with Gasteiger partial charge in [0.05, 0.1) is 0 Å². The third-order valence-corrected chi connectivity index (χ3v) is 3.35. The molecule has 1 aliphatic carbocycles. The zero-order valence-electron chi connectivity index (χ0n) is 8.57. The van der Waals surface area contributed by atoms with E-state index in [0.717, 1.165) is 12.0 Å². The monoisotopic (exact) mass is 200 g/mol. The second-order valence-electron chi connectivity index (χ2n) is 4.08. The lowest BCUT2D eigenvalue weighted by Crippen LogP contribution is -2.02. The maximum Gasteiger partial charge on any atom is 0.334 e. The van der Waals surface area contributed by atoms with Crippen LogP contribution in [0.2, 0.25) is 0 Å². The van der Waals surface area contributed by atoms with E-state index in [0.29, 0.717) is 0 Å². The van der Waals surface area contributed by atoms with Gasteiger partial charge < -0.3 is 4.74 Å². The van der Waals surface area contributed by atoms with Gasteiger partial charge in [0, 0.05) is 11.5 Å². The van der Waals surface area contributed by atoms with Crippen LogP contribution in [0.25, 0.3) is 0 Å². The first-order valence-corrected chi connectivity index (χ1v) is 5.26. The van der Waals surface area contributed by atoms with Crippen LogP contribution in [0, 0.1) is 5.92 Å². The molecule has 0 saturated carbocycles. The van der Waals surface area contributed by atoms with E-state index in [-0.39, 0.29) is 18.0 Å². The first-order valence-electron chi connectivity index (χ1n) is 5.26. The molecule has 2 atom stereocenters. The van der Waals surface area contributed by atoms with Crippen LogP contribution < -0.4 is 0 Å². The minimum Gasteiger partial charge on any atom is -0.453 e. The lowest BCUT2D eigenvalue weighted by molar-refractivity contribution is -0.139. The quantitative estimate of drug-likeness (QED) is 0.475. The van der Waals surface area contributed by atoms with Gasteiger partial charge in [-0.3, -0.25) is 0 Å². The summed E-state index contributed by atoms with van der Waals surface area (Å²) in [5.41, 5.74) is 3.35. The van der Waals surface area contributed by atoms with E-state index in [1.54, 1.807) is 0 Å². The van der Waals surface area contributed by atoms with Gasteiger partial charge in [-0.25, -0.2) is 4.79 Å². The van der Waals surface area contributed by atoms with Crippen molar-refractivity contribution >= 4 is 5.97 Å². The van der Waals surface area contributed by atoms with Gasteiger partial charge in [-0.1, -0.05) is 30.3 Å². The minimum absolute atomic E-state index is 0.0279. The Morgan fingerprint density at radius 3 is 3.00 bits per heavy atom. The standard InChI is InChI=1S/C13H12O2/c1-2-9-11-7-8-5-3-4-6-10(8)12(11)15-13(9)14/h2-6,11-12H,7H2,1H3/b9-2+/t11-,12-/m1/s1. The SMILES string of the molecule is C/C=C1/C(=O)O[C@@H]2c3ccccc3C[C@H]12. The largest absolute Gasteiger partial charge is 0.453 e. The average Bonchev–Trinajstić information content (AvgIpc) is 2.72. The molecule has 76 valence electrons. The smallest absolute Gasteiger partial charge is 0.334 e. The summed E-state index contributed by atoms with van der Waals surface area (Å²) in [6.07, 6.45) is 2.80. The Morgan fingerprint density at radius 1 is 1.40 bits per heavy atom. The van der Waals surface area contributed by atoms with Gasteiger partial charge in [0.15, 0.2) is 0 Å². The van der Waals surface area contributed by atoms with Crippen molar-refractivity contribution in [3.63, 3.8) is 0 Å². The molecular formula is C13H12O2. The molecule has 0 radical (unpaired) electrons. The van der Waals surface area contributed by atoms with Crippen molar-refractivity contribution in [1.82, 2.24) is 0 Å². The van der Waals surface area contributed by atoms with Crippen molar-refractivity contribution in [2.75, 3.05) is 0 Å². The molecule has 2 aliphatic rings. The van der Waals surface area contributed by atoms with Crippen molar-refractivity contribution in [2.45, 2.75) is 19.4 Å². The third kappa shape index (κ3) is 1.08. The van der Waals surface area contributed by atoms with Crippen molar-refractivity contribution in [2.24, 2.45) is 5.92 Å². The highest BCUT2D eigenvalue weighted by Crippen LogP contribution is 2.47. The predicted molar refractivity (Wildman–Crippen MR) is 56.2 cm³/mol. The molecule has 1 aromatic carbocycles. The first kappa shape index (κ1) is 8.72. The van der Waals surface area contributed by atoms with Crippen LogP contribution in [0.15, 0.2) is 35.9 Å². The zero-order valence-corrected chi connectivity index (χ0v) is 8.57. The molecule has 0 unspecified atom stereocenters. The molecule has 1 saturated heterocycles. The van der Waals surface area contributed by atoms with Crippen molar-refractivity contribution in [1.29, 1.82) is 0 Å². The van der Waals surface area contributed by atoms with Crippen LogP contribution >= 0.6 is 0 Å². The molecule has 1 aliphatic heterocycles. The van der Waals surface area contributed by atoms with E-state index in [4.69, 9.17) is 4.74 Å². The van der Waals surface area contributed by atoms with E-state index < -0.39 is 0 Å². The summed E-state index contributed by atoms with van der Waals surface area (Å²) in [5, 5.41) is 0. The van der Waals surface area contributed by atoms with Crippen LogP contribution in [0.1, 0.15) is 24.2 Å². The summed E-state index contributed by atoms with van der Waals surface area (Å²) in [7, 11) is 0. The van der Waals surface area contributed by atoms with E-state index in [1.807, 2.05) is 25.1 Å². The summed E-state index contributed by atoms with van der Waals surface area (Å²) >= 11 is 0. The average molecular weight is 200 g/mol. The van der Waals surface area contributed by atoms with Crippen LogP contribution in [0.5, 0.6) is 0 Å². The Morgan fingerprint density at radius 2 is 2.20 bits per heavy atom. The number of fused-ring (bicyclic) bond motifs is 3. The second-order valence-corrected chi connectivity index (χ2v) is 4.08. The number of benzene rings is 1. The van der Waals surface area contributed by atoms with Gasteiger partial charge in [-0.05, 0) is 24.5 Å². The molecule has 0 spiro atoms. The number of carbonyl (C=O) groups is 1. The maximum absolute atomic E-state index is 11.5. The van der Waals surface area contributed by atoms with Crippen LogP contribution in [0.4, 0.5) is 0 Å². The van der Waals surface area contributed by atoms with Crippen LogP contribution in [0.3, 0.4) is 0 Å². The van der Waals surface area contributed by atoms with Crippen LogP contribution in [-0.4, -0.2) is 5.97 Å². The summed E-state index contributed by atoms with van der Waals surface area (Å²) in [4.78, 5) is 11.5. The Balaban J connectivity index is 2.08. The minimum atomic E-state index is -0.137. The normalized spacial score (nSPS) is 30.2. The molecule has 0 N–H and O–H groups in total. The Kier molecular flexibility index (Phi) is 1.72. The summed E-state index contributed by atoms with van der Waals surface area (Å²) in [5.74, 6) is 0.113. The second kappa shape index (κ2) is 2.96. The lowest BCUT2D eigenvalue weighted by Gasteiger charge is -2.07. The molecule has 1 aromatic rings. The van der Waals surface area contributed by atoms with Gasteiger partial charge >= 0.3 is 5.97 Å². The highest BCUT2D eigenvalue weighted by molar-refractivity contribution is 5.92. The van der Waals surface area contributed by atoms with Gasteiger partial charge in [0.1, 0.15) is 6.10 Å². The van der Waals surface area contributed by atoms with Gasteiger partial charge in [0.2, 0.25) is 0 Å². The summed E-state index contributed by atoms with van der Waals surface area (Å²) in [6.45, 7) is 1.90. The Bertz CT molecular complexity index is 459. The molecule has 0 aromatic heterocycles. The number of allylic oxidation sites excluding steroid dienone is 1. The van der Waals surface area contributed by atoms with Crippen molar-refractivity contribution in [3.8, 4) is 0 Å².